The lowest BCUT2D eigenvalue weighted by atomic mass is 10.0. The zero-order valence-corrected chi connectivity index (χ0v) is 20.2. The van der Waals surface area contributed by atoms with Crippen molar-refractivity contribution in [2.24, 2.45) is 0 Å². The molecule has 7 nitrogen and oxygen atoms in total. The summed E-state index contributed by atoms with van der Waals surface area (Å²) in [6.45, 7) is 14.7. The first-order valence-corrected chi connectivity index (χ1v) is 11.0. The molecule has 2 atom stereocenters. The summed E-state index contributed by atoms with van der Waals surface area (Å²) in [4.78, 5) is 39.9. The third-order valence-corrected chi connectivity index (χ3v) is 4.66. The third-order valence-electron chi connectivity index (χ3n) is 4.66. The quantitative estimate of drug-likeness (QED) is 0.614. The lowest BCUT2D eigenvalue weighted by molar-refractivity contribution is -0.142. The van der Waals surface area contributed by atoms with Crippen molar-refractivity contribution in [1.29, 1.82) is 0 Å². The first-order chi connectivity index (χ1) is 14.4. The number of nitrogens with zero attached hydrogens (tertiary/aromatic N) is 1. The molecular weight excluding hydrogens is 394 g/mol. The van der Waals surface area contributed by atoms with Crippen LogP contribution < -0.4 is 10.6 Å². The van der Waals surface area contributed by atoms with Crippen molar-refractivity contribution < 1.29 is 19.1 Å². The molecule has 1 aromatic rings. The van der Waals surface area contributed by atoms with E-state index in [9.17, 15) is 14.4 Å². The summed E-state index contributed by atoms with van der Waals surface area (Å²) in [5.41, 5.74) is 1.13. The minimum absolute atomic E-state index is 0.00514. The van der Waals surface area contributed by atoms with E-state index in [-0.39, 0.29) is 30.4 Å². The number of carbonyl (C=O) groups excluding carboxylic acids is 3. The lowest BCUT2D eigenvalue weighted by Gasteiger charge is -2.35. The van der Waals surface area contributed by atoms with Gasteiger partial charge in [0.1, 0.15) is 18.2 Å². The van der Waals surface area contributed by atoms with E-state index in [4.69, 9.17) is 4.74 Å². The molecule has 0 heterocycles. The normalized spacial score (nSPS) is 13.3. The monoisotopic (exact) mass is 433 g/mol. The van der Waals surface area contributed by atoms with Crippen molar-refractivity contribution >= 4 is 17.9 Å². The number of hydrogen-bond donors (Lipinski definition) is 2. The maximum atomic E-state index is 13.3. The molecule has 3 amide bonds. The Morgan fingerprint density at radius 1 is 1.06 bits per heavy atom. The molecule has 2 N–H and O–H groups in total. The molecule has 7 heteroatoms. The maximum Gasteiger partial charge on any atom is 0.408 e. The van der Waals surface area contributed by atoms with Crippen LogP contribution in [0.15, 0.2) is 24.3 Å². The van der Waals surface area contributed by atoms with E-state index in [1.807, 2.05) is 52.0 Å². The fourth-order valence-electron chi connectivity index (χ4n) is 3.30. The highest BCUT2D eigenvalue weighted by Gasteiger charge is 2.34. The summed E-state index contributed by atoms with van der Waals surface area (Å²) in [5, 5.41) is 5.54. The number of ether oxygens (including phenoxy) is 1. The SMILES string of the molecule is CCCC(C)NC(=O)C(c1ccc(C)cc1)N(C(=O)CNC(=O)OC(C)(C)C)C(C)C. The van der Waals surface area contributed by atoms with E-state index in [1.165, 1.54) is 4.90 Å². The van der Waals surface area contributed by atoms with Gasteiger partial charge in [-0.2, -0.15) is 0 Å². The number of aryl methyl sites for hydroxylation is 1. The van der Waals surface area contributed by atoms with Crippen LogP contribution >= 0.6 is 0 Å². The summed E-state index contributed by atoms with van der Waals surface area (Å²) in [7, 11) is 0. The van der Waals surface area contributed by atoms with Gasteiger partial charge in [-0.25, -0.2) is 4.79 Å². The summed E-state index contributed by atoms with van der Waals surface area (Å²) in [6.07, 6.45) is 1.13. The van der Waals surface area contributed by atoms with E-state index in [2.05, 4.69) is 17.6 Å². The van der Waals surface area contributed by atoms with Crippen LogP contribution in [-0.2, 0) is 14.3 Å². The molecule has 0 radical (unpaired) electrons. The summed E-state index contributed by atoms with van der Waals surface area (Å²) >= 11 is 0. The first-order valence-electron chi connectivity index (χ1n) is 11.0. The highest BCUT2D eigenvalue weighted by atomic mass is 16.6. The highest BCUT2D eigenvalue weighted by Crippen LogP contribution is 2.25. The van der Waals surface area contributed by atoms with E-state index in [0.29, 0.717) is 0 Å². The van der Waals surface area contributed by atoms with Crippen molar-refractivity contribution in [3.05, 3.63) is 35.4 Å². The van der Waals surface area contributed by atoms with E-state index >= 15 is 0 Å². The van der Waals surface area contributed by atoms with Crippen LogP contribution in [0.5, 0.6) is 0 Å². The highest BCUT2D eigenvalue weighted by molar-refractivity contribution is 5.90. The van der Waals surface area contributed by atoms with Gasteiger partial charge < -0.3 is 20.3 Å². The number of amides is 3. The largest absolute Gasteiger partial charge is 0.444 e. The van der Waals surface area contributed by atoms with Gasteiger partial charge in [0.15, 0.2) is 0 Å². The third kappa shape index (κ3) is 8.99. The van der Waals surface area contributed by atoms with Crippen LogP contribution in [0.3, 0.4) is 0 Å². The second-order valence-electron chi connectivity index (χ2n) is 9.26. The molecule has 174 valence electrons. The smallest absolute Gasteiger partial charge is 0.408 e. The Morgan fingerprint density at radius 3 is 2.13 bits per heavy atom. The molecule has 0 bridgehead atoms. The number of rotatable bonds is 9. The van der Waals surface area contributed by atoms with Crippen molar-refractivity contribution in [3.63, 3.8) is 0 Å². The minimum atomic E-state index is -0.798. The predicted octanol–water partition coefficient (Wildman–Crippen LogP) is 4.10. The van der Waals surface area contributed by atoms with Crippen LogP contribution in [0.1, 0.15) is 78.5 Å². The standard InChI is InChI=1S/C24H39N3O4/c1-9-10-18(5)26-22(29)21(19-13-11-17(4)12-14-19)27(16(2)3)20(28)15-25-23(30)31-24(6,7)8/h11-14,16,18,21H,9-10,15H2,1-8H3,(H,25,30)(H,26,29). The Balaban J connectivity index is 3.14. The van der Waals surface area contributed by atoms with Gasteiger partial charge in [0.2, 0.25) is 11.8 Å². The number of carbonyl (C=O) groups is 3. The maximum absolute atomic E-state index is 13.3. The molecule has 0 fully saturated rings. The molecular formula is C24H39N3O4. The Labute approximate surface area is 186 Å². The summed E-state index contributed by atoms with van der Waals surface area (Å²) in [6, 6.07) is 6.52. The van der Waals surface area contributed by atoms with Crippen molar-refractivity contribution in [1.82, 2.24) is 15.5 Å². The average molecular weight is 434 g/mol. The van der Waals surface area contributed by atoms with Crippen LogP contribution in [-0.4, -0.2) is 47.0 Å². The van der Waals surface area contributed by atoms with Crippen molar-refractivity contribution in [2.45, 2.75) is 92.0 Å². The molecule has 0 aliphatic heterocycles. The fourth-order valence-corrected chi connectivity index (χ4v) is 3.30. The van der Waals surface area contributed by atoms with Gasteiger partial charge in [-0.1, -0.05) is 43.2 Å². The average Bonchev–Trinajstić information content (AvgIpc) is 2.63. The number of benzene rings is 1. The molecule has 0 saturated heterocycles. The molecule has 1 rings (SSSR count). The van der Waals surface area contributed by atoms with Gasteiger partial charge in [-0.15, -0.1) is 0 Å². The van der Waals surface area contributed by atoms with Gasteiger partial charge >= 0.3 is 6.09 Å². The minimum Gasteiger partial charge on any atom is -0.444 e. The van der Waals surface area contributed by atoms with Crippen LogP contribution in [0.4, 0.5) is 4.79 Å². The molecule has 0 aromatic heterocycles. The second-order valence-corrected chi connectivity index (χ2v) is 9.26. The number of alkyl carbamates (subject to hydrolysis) is 1. The Kier molecular flexibility index (Phi) is 10.0. The van der Waals surface area contributed by atoms with Gasteiger partial charge in [-0.05, 0) is 60.5 Å². The molecule has 0 spiro atoms. The Bertz CT molecular complexity index is 738. The molecule has 1 aromatic carbocycles. The predicted molar refractivity (Wildman–Crippen MR) is 123 cm³/mol. The van der Waals surface area contributed by atoms with Crippen LogP contribution in [0.2, 0.25) is 0 Å². The molecule has 2 unspecified atom stereocenters. The Hall–Kier alpha value is -2.57. The molecule has 0 saturated carbocycles. The van der Waals surface area contributed by atoms with Gasteiger partial charge in [0, 0.05) is 12.1 Å². The van der Waals surface area contributed by atoms with E-state index < -0.39 is 17.7 Å². The number of nitrogens with one attached hydrogen (secondary N) is 2. The molecule has 0 aliphatic carbocycles. The lowest BCUT2D eigenvalue weighted by Crippen LogP contribution is -2.51. The van der Waals surface area contributed by atoms with Gasteiger partial charge in [-0.3, -0.25) is 9.59 Å². The molecule has 31 heavy (non-hydrogen) atoms. The van der Waals surface area contributed by atoms with E-state index in [0.717, 1.165) is 24.0 Å². The second kappa shape index (κ2) is 11.7. The first kappa shape index (κ1) is 26.5. The molecule has 0 aliphatic rings. The Morgan fingerprint density at radius 2 is 1.65 bits per heavy atom. The number of hydrogen-bond acceptors (Lipinski definition) is 4. The van der Waals surface area contributed by atoms with Gasteiger partial charge in [0.25, 0.3) is 0 Å². The van der Waals surface area contributed by atoms with Gasteiger partial charge in [0.05, 0.1) is 0 Å². The fraction of sp³-hybridized carbons (Fsp3) is 0.625. The summed E-state index contributed by atoms with van der Waals surface area (Å²) < 4.78 is 5.21. The van der Waals surface area contributed by atoms with Crippen molar-refractivity contribution in [3.8, 4) is 0 Å². The van der Waals surface area contributed by atoms with Crippen LogP contribution in [0, 0.1) is 6.92 Å². The zero-order valence-electron chi connectivity index (χ0n) is 20.2. The van der Waals surface area contributed by atoms with E-state index in [1.54, 1.807) is 20.8 Å². The van der Waals surface area contributed by atoms with Crippen molar-refractivity contribution in [2.75, 3.05) is 6.54 Å². The zero-order chi connectivity index (χ0) is 23.8. The summed E-state index contributed by atoms with van der Waals surface area (Å²) in [5.74, 6) is -0.589. The van der Waals surface area contributed by atoms with Crippen LogP contribution in [0.25, 0.3) is 0 Å². The topological polar surface area (TPSA) is 87.7 Å².